The van der Waals surface area contributed by atoms with E-state index in [9.17, 15) is 9.59 Å². The number of carbonyl (C=O) groups is 2. The Morgan fingerprint density at radius 1 is 1.07 bits per heavy atom. The Morgan fingerprint density at radius 3 is 2.45 bits per heavy atom. The second-order valence-corrected chi connectivity index (χ2v) is 6.74. The Balaban J connectivity index is 0.00000210. The summed E-state index contributed by atoms with van der Waals surface area (Å²) in [6, 6.07) is 15.1. The number of hydrogen-bond donors (Lipinski definition) is 3. The normalized spacial score (nSPS) is 13.9. The highest BCUT2D eigenvalue weighted by Gasteiger charge is 2.26. The molecule has 0 fully saturated rings. The van der Waals surface area contributed by atoms with Crippen molar-refractivity contribution in [3.63, 3.8) is 0 Å². The highest BCUT2D eigenvalue weighted by Crippen LogP contribution is 2.21. The molecule has 2 amide bonds. The van der Waals surface area contributed by atoms with Crippen LogP contribution in [-0.4, -0.2) is 42.4 Å². The molecule has 1 heterocycles. The second kappa shape index (κ2) is 11.8. The van der Waals surface area contributed by atoms with Gasteiger partial charge in [-0.1, -0.05) is 36.4 Å². The predicted molar refractivity (Wildman–Crippen MR) is 121 cm³/mol. The average molecular weight is 439 g/mol. The van der Waals surface area contributed by atoms with Crippen molar-refractivity contribution in [1.82, 2.24) is 10.2 Å². The summed E-state index contributed by atoms with van der Waals surface area (Å²) in [4.78, 5) is 27.3. The highest BCUT2D eigenvalue weighted by molar-refractivity contribution is 6.04. The number of amides is 2. The first-order chi connectivity index (χ1) is 13.1. The molecule has 1 atom stereocenters. The Bertz CT molecular complexity index is 832. The first-order valence-corrected chi connectivity index (χ1v) is 9.29. The van der Waals surface area contributed by atoms with Crippen molar-refractivity contribution in [2.45, 2.75) is 25.9 Å². The maximum absolute atomic E-state index is 12.8. The minimum Gasteiger partial charge on any atom is -0.351 e. The van der Waals surface area contributed by atoms with Gasteiger partial charge in [-0.3, -0.25) is 14.5 Å². The predicted octanol–water partition coefficient (Wildman–Crippen LogP) is 2.60. The summed E-state index contributed by atoms with van der Waals surface area (Å²) in [7, 11) is 0. The van der Waals surface area contributed by atoms with Crippen molar-refractivity contribution in [1.29, 1.82) is 0 Å². The maximum atomic E-state index is 12.8. The molecule has 1 unspecified atom stereocenters. The van der Waals surface area contributed by atoms with E-state index in [1.807, 2.05) is 13.0 Å². The van der Waals surface area contributed by atoms with E-state index in [1.54, 1.807) is 24.3 Å². The molecule has 29 heavy (non-hydrogen) atoms. The number of fused-ring (bicyclic) bond motifs is 1. The van der Waals surface area contributed by atoms with Gasteiger partial charge in [0.2, 0.25) is 5.91 Å². The number of benzene rings is 2. The van der Waals surface area contributed by atoms with Gasteiger partial charge in [-0.25, -0.2) is 0 Å². The Morgan fingerprint density at radius 2 is 1.72 bits per heavy atom. The van der Waals surface area contributed by atoms with Crippen LogP contribution in [-0.2, 0) is 17.8 Å². The van der Waals surface area contributed by atoms with Crippen LogP contribution in [0.4, 0.5) is 5.69 Å². The molecule has 8 heteroatoms. The largest absolute Gasteiger partial charge is 0.351 e. The molecule has 1 aliphatic rings. The molecule has 0 radical (unpaired) electrons. The molecule has 2 aromatic carbocycles. The fraction of sp³-hybridized carbons (Fsp3) is 0.333. The van der Waals surface area contributed by atoms with Crippen molar-refractivity contribution < 1.29 is 9.59 Å². The molecule has 6 nitrogen and oxygen atoms in total. The summed E-state index contributed by atoms with van der Waals surface area (Å²) in [6.07, 6.45) is 0.936. The summed E-state index contributed by atoms with van der Waals surface area (Å²) >= 11 is 0. The number of hydrogen-bond acceptors (Lipinski definition) is 4. The number of para-hydroxylation sites is 1. The van der Waals surface area contributed by atoms with Crippen LogP contribution in [0.2, 0.25) is 0 Å². The van der Waals surface area contributed by atoms with Gasteiger partial charge in [-0.2, -0.15) is 0 Å². The van der Waals surface area contributed by atoms with Gasteiger partial charge in [0.25, 0.3) is 5.91 Å². The van der Waals surface area contributed by atoms with Crippen molar-refractivity contribution in [2.75, 3.05) is 25.0 Å². The van der Waals surface area contributed by atoms with E-state index < -0.39 is 0 Å². The van der Waals surface area contributed by atoms with E-state index in [0.29, 0.717) is 24.3 Å². The number of carbonyl (C=O) groups excluding carboxylic acids is 2. The zero-order chi connectivity index (χ0) is 19.2. The van der Waals surface area contributed by atoms with Crippen molar-refractivity contribution >= 4 is 42.3 Å². The van der Waals surface area contributed by atoms with Gasteiger partial charge >= 0.3 is 0 Å². The Kier molecular flexibility index (Phi) is 10.1. The molecule has 4 N–H and O–H groups in total. The third kappa shape index (κ3) is 6.18. The zero-order valence-corrected chi connectivity index (χ0v) is 18.0. The molecule has 0 saturated heterocycles. The van der Waals surface area contributed by atoms with Crippen LogP contribution in [0.25, 0.3) is 0 Å². The smallest absolute Gasteiger partial charge is 0.253 e. The van der Waals surface area contributed by atoms with Gasteiger partial charge in [0, 0.05) is 26.2 Å². The average Bonchev–Trinajstić information content (AvgIpc) is 2.71. The number of halogens is 2. The lowest BCUT2D eigenvalue weighted by Crippen LogP contribution is -2.44. The summed E-state index contributed by atoms with van der Waals surface area (Å²) < 4.78 is 0. The monoisotopic (exact) mass is 438 g/mol. The molecular weight excluding hydrogens is 411 g/mol. The second-order valence-electron chi connectivity index (χ2n) is 6.74. The van der Waals surface area contributed by atoms with E-state index in [2.05, 4.69) is 33.7 Å². The van der Waals surface area contributed by atoms with Gasteiger partial charge in [0.1, 0.15) is 0 Å². The van der Waals surface area contributed by atoms with Crippen LogP contribution < -0.4 is 16.4 Å². The molecule has 158 valence electrons. The van der Waals surface area contributed by atoms with Gasteiger partial charge in [-0.05, 0) is 36.6 Å². The molecule has 0 aliphatic carbocycles. The highest BCUT2D eigenvalue weighted by atomic mass is 35.5. The third-order valence-corrected chi connectivity index (χ3v) is 4.95. The first-order valence-electron chi connectivity index (χ1n) is 9.29. The minimum atomic E-state index is -0.293. The summed E-state index contributed by atoms with van der Waals surface area (Å²) in [5.41, 5.74) is 9.01. The number of nitrogens with two attached hydrogens (primary N) is 1. The standard InChI is InChI=1S/C21H26N4O2.2ClH/c1-15(25-13-10-16-6-2-3-7-17(16)14-25)20(26)24-19-9-5-4-8-18(19)21(27)23-12-11-22;;/h2-9,15H,10-14,22H2,1H3,(H,23,27)(H,24,26);2*1H. The molecule has 0 aromatic heterocycles. The maximum Gasteiger partial charge on any atom is 0.253 e. The van der Waals surface area contributed by atoms with Crippen molar-refractivity contribution in [2.24, 2.45) is 5.73 Å². The van der Waals surface area contributed by atoms with Crippen LogP contribution in [0.15, 0.2) is 48.5 Å². The zero-order valence-electron chi connectivity index (χ0n) is 16.4. The molecule has 3 rings (SSSR count). The van der Waals surface area contributed by atoms with E-state index in [-0.39, 0.29) is 42.7 Å². The molecule has 0 saturated carbocycles. The van der Waals surface area contributed by atoms with Crippen LogP contribution in [0.5, 0.6) is 0 Å². The number of nitrogens with one attached hydrogen (secondary N) is 2. The van der Waals surface area contributed by atoms with Crippen LogP contribution >= 0.6 is 24.8 Å². The van der Waals surface area contributed by atoms with Gasteiger partial charge < -0.3 is 16.4 Å². The molecule has 2 aromatic rings. The summed E-state index contributed by atoms with van der Waals surface area (Å²) in [5, 5.41) is 5.66. The van der Waals surface area contributed by atoms with E-state index in [1.165, 1.54) is 11.1 Å². The quantitative estimate of drug-likeness (QED) is 0.646. The molecule has 1 aliphatic heterocycles. The van der Waals surface area contributed by atoms with Crippen molar-refractivity contribution in [3.8, 4) is 0 Å². The lowest BCUT2D eigenvalue weighted by Gasteiger charge is -2.33. The molecule has 0 bridgehead atoms. The van der Waals surface area contributed by atoms with Crippen molar-refractivity contribution in [3.05, 3.63) is 65.2 Å². The lowest BCUT2D eigenvalue weighted by molar-refractivity contribution is -0.121. The molecule has 0 spiro atoms. The van der Waals surface area contributed by atoms with Crippen LogP contribution in [0.3, 0.4) is 0 Å². The fourth-order valence-electron chi connectivity index (χ4n) is 3.32. The van der Waals surface area contributed by atoms with Gasteiger partial charge in [0.05, 0.1) is 17.3 Å². The van der Waals surface area contributed by atoms with Crippen LogP contribution in [0.1, 0.15) is 28.4 Å². The van der Waals surface area contributed by atoms with Crippen LogP contribution in [0, 0.1) is 0 Å². The van der Waals surface area contributed by atoms with Gasteiger partial charge in [0.15, 0.2) is 0 Å². The van der Waals surface area contributed by atoms with E-state index >= 15 is 0 Å². The number of nitrogens with zero attached hydrogens (tertiary/aromatic N) is 1. The van der Waals surface area contributed by atoms with E-state index in [4.69, 9.17) is 5.73 Å². The molecular formula is C21H28Cl2N4O2. The van der Waals surface area contributed by atoms with Gasteiger partial charge in [-0.15, -0.1) is 24.8 Å². The number of rotatable bonds is 6. The first kappa shape index (κ1) is 24.9. The summed E-state index contributed by atoms with van der Waals surface area (Å²) in [5.74, 6) is -0.357. The lowest BCUT2D eigenvalue weighted by atomic mass is 9.98. The summed E-state index contributed by atoms with van der Waals surface area (Å²) in [6.45, 7) is 4.26. The van der Waals surface area contributed by atoms with E-state index in [0.717, 1.165) is 19.5 Å². The third-order valence-electron chi connectivity index (χ3n) is 4.95. The fourth-order valence-corrected chi connectivity index (χ4v) is 3.32. The minimum absolute atomic E-state index is 0. The Labute approximate surface area is 184 Å². The Hall–Kier alpha value is -2.12. The SMILES string of the molecule is CC(C(=O)Nc1ccccc1C(=O)NCCN)N1CCc2ccccc2C1.Cl.Cl. The number of anilines is 1. The topological polar surface area (TPSA) is 87.5 Å².